The van der Waals surface area contributed by atoms with Crippen LogP contribution in [0.3, 0.4) is 0 Å². The fraction of sp³-hybridized carbons (Fsp3) is 0.227. The second-order valence-corrected chi connectivity index (χ2v) is 7.35. The summed E-state index contributed by atoms with van der Waals surface area (Å²) in [6.07, 6.45) is 0.218. The zero-order valence-electron chi connectivity index (χ0n) is 16.3. The highest BCUT2D eigenvalue weighted by molar-refractivity contribution is 7.14. The Morgan fingerprint density at radius 2 is 1.83 bits per heavy atom. The molecule has 3 aromatic rings. The number of ether oxygens (including phenoxy) is 2. The topological polar surface area (TPSA) is 77.5 Å². The first-order valence-electron chi connectivity index (χ1n) is 9.15. The molecular formula is C22H22N2O4S. The van der Waals surface area contributed by atoms with Gasteiger partial charge >= 0.3 is 5.97 Å². The number of nitrogens with zero attached hydrogens (tertiary/aromatic N) is 1. The molecule has 0 bridgehead atoms. The van der Waals surface area contributed by atoms with Crippen LogP contribution in [0.15, 0.2) is 60.0 Å². The van der Waals surface area contributed by atoms with E-state index < -0.39 is 11.9 Å². The molecule has 1 atom stereocenters. The monoisotopic (exact) mass is 410 g/mol. The molecular weight excluding hydrogens is 388 g/mol. The number of anilines is 1. The Labute approximate surface area is 173 Å². The predicted molar refractivity (Wildman–Crippen MR) is 113 cm³/mol. The molecule has 1 amide bonds. The van der Waals surface area contributed by atoms with Gasteiger partial charge in [-0.15, -0.1) is 11.3 Å². The molecule has 0 spiro atoms. The molecule has 0 unspecified atom stereocenters. The average molecular weight is 410 g/mol. The van der Waals surface area contributed by atoms with Crippen LogP contribution in [0.25, 0.3) is 11.3 Å². The third-order valence-electron chi connectivity index (χ3n) is 4.34. The van der Waals surface area contributed by atoms with Gasteiger partial charge < -0.3 is 9.47 Å². The van der Waals surface area contributed by atoms with Gasteiger partial charge in [0.2, 0.25) is 0 Å². The van der Waals surface area contributed by atoms with Crippen molar-refractivity contribution in [3.63, 3.8) is 0 Å². The Balaban J connectivity index is 1.47. The van der Waals surface area contributed by atoms with Crippen molar-refractivity contribution in [1.29, 1.82) is 0 Å². The van der Waals surface area contributed by atoms with Crippen molar-refractivity contribution >= 4 is 28.3 Å². The van der Waals surface area contributed by atoms with Crippen LogP contribution in [0.1, 0.15) is 24.8 Å². The molecule has 29 heavy (non-hydrogen) atoms. The van der Waals surface area contributed by atoms with Crippen LogP contribution >= 0.6 is 11.3 Å². The van der Waals surface area contributed by atoms with E-state index in [-0.39, 0.29) is 18.9 Å². The summed E-state index contributed by atoms with van der Waals surface area (Å²) >= 11 is 1.31. The van der Waals surface area contributed by atoms with Gasteiger partial charge in [0.1, 0.15) is 5.75 Å². The second kappa shape index (κ2) is 9.84. The molecule has 0 aliphatic heterocycles. The van der Waals surface area contributed by atoms with Crippen LogP contribution < -0.4 is 10.1 Å². The lowest BCUT2D eigenvalue weighted by molar-refractivity contribution is -0.147. The first-order chi connectivity index (χ1) is 14.0. The highest BCUT2D eigenvalue weighted by Crippen LogP contribution is 2.26. The molecule has 7 heteroatoms. The smallest absolute Gasteiger partial charge is 0.306 e. The molecule has 150 valence electrons. The van der Waals surface area contributed by atoms with Crippen LogP contribution in [0.5, 0.6) is 5.75 Å². The number of hydrogen-bond donors (Lipinski definition) is 1. The first-order valence-corrected chi connectivity index (χ1v) is 10.0. The number of thiazole rings is 1. The van der Waals surface area contributed by atoms with E-state index in [2.05, 4.69) is 10.3 Å². The molecule has 1 heterocycles. The minimum Gasteiger partial charge on any atom is -0.497 e. The highest BCUT2D eigenvalue weighted by Gasteiger charge is 2.14. The van der Waals surface area contributed by atoms with Crippen molar-refractivity contribution in [3.05, 3.63) is 65.5 Å². The Hall–Kier alpha value is -3.19. The van der Waals surface area contributed by atoms with Gasteiger partial charge in [0.15, 0.2) is 11.7 Å². The third-order valence-corrected chi connectivity index (χ3v) is 5.10. The third kappa shape index (κ3) is 5.89. The Morgan fingerprint density at radius 3 is 2.52 bits per heavy atom. The number of hydrogen-bond acceptors (Lipinski definition) is 6. The number of benzene rings is 2. The van der Waals surface area contributed by atoms with Crippen LogP contribution in [-0.4, -0.2) is 30.6 Å². The van der Waals surface area contributed by atoms with Crippen molar-refractivity contribution in [2.75, 3.05) is 19.0 Å². The summed E-state index contributed by atoms with van der Waals surface area (Å²) in [5, 5.41) is 4.97. The van der Waals surface area contributed by atoms with Gasteiger partial charge in [-0.05, 0) is 35.7 Å². The number of carbonyl (C=O) groups is 2. The fourth-order valence-electron chi connectivity index (χ4n) is 2.74. The Bertz CT molecular complexity index is 954. The number of esters is 1. The van der Waals surface area contributed by atoms with Crippen molar-refractivity contribution in [1.82, 2.24) is 4.98 Å². The maximum atomic E-state index is 12.1. The molecule has 6 nitrogen and oxygen atoms in total. The van der Waals surface area contributed by atoms with Gasteiger partial charge in [0.25, 0.3) is 5.91 Å². The van der Waals surface area contributed by atoms with Gasteiger partial charge in [-0.2, -0.15) is 0 Å². The van der Waals surface area contributed by atoms with E-state index in [1.54, 1.807) is 7.11 Å². The molecule has 1 aromatic heterocycles. The lowest BCUT2D eigenvalue weighted by Crippen LogP contribution is -2.21. The molecule has 0 radical (unpaired) electrons. The molecule has 0 fully saturated rings. The number of aromatic nitrogens is 1. The first kappa shape index (κ1) is 20.5. The summed E-state index contributed by atoms with van der Waals surface area (Å²) in [5.41, 5.74) is 2.73. The minimum atomic E-state index is -0.415. The number of rotatable bonds is 8. The van der Waals surface area contributed by atoms with Gasteiger partial charge in [0, 0.05) is 10.9 Å². The van der Waals surface area contributed by atoms with Crippen molar-refractivity contribution in [2.24, 2.45) is 0 Å². The Morgan fingerprint density at radius 1 is 1.10 bits per heavy atom. The second-order valence-electron chi connectivity index (χ2n) is 6.49. The summed E-state index contributed by atoms with van der Waals surface area (Å²) in [7, 11) is 1.61. The Kier molecular flexibility index (Phi) is 6.97. The molecule has 0 aliphatic rings. The molecule has 3 rings (SSSR count). The normalized spacial score (nSPS) is 11.5. The number of methoxy groups -OCH3 is 1. The zero-order valence-corrected chi connectivity index (χ0v) is 17.1. The van der Waals surface area contributed by atoms with E-state index in [1.165, 1.54) is 11.3 Å². The molecule has 0 saturated carbocycles. The van der Waals surface area contributed by atoms with Gasteiger partial charge in [-0.25, -0.2) is 4.98 Å². The summed E-state index contributed by atoms with van der Waals surface area (Å²) in [5.74, 6) is -0.0328. The maximum Gasteiger partial charge on any atom is 0.306 e. The highest BCUT2D eigenvalue weighted by atomic mass is 32.1. The van der Waals surface area contributed by atoms with Crippen molar-refractivity contribution < 1.29 is 19.1 Å². The average Bonchev–Trinajstić information content (AvgIpc) is 3.21. The van der Waals surface area contributed by atoms with Crippen LogP contribution in [0.4, 0.5) is 5.13 Å². The summed E-state index contributed by atoms with van der Waals surface area (Å²) in [6, 6.07) is 17.2. The zero-order chi connectivity index (χ0) is 20.6. The molecule has 0 saturated heterocycles. The summed E-state index contributed by atoms with van der Waals surface area (Å²) in [6.45, 7) is 1.62. The van der Waals surface area contributed by atoms with E-state index in [4.69, 9.17) is 9.47 Å². The SMILES string of the molecule is COc1ccc(-c2csc(NC(=O)COC(=O)C[C@H](C)c3ccccc3)n2)cc1. The van der Waals surface area contributed by atoms with E-state index in [0.717, 1.165) is 22.6 Å². The molecule has 2 aromatic carbocycles. The lowest BCUT2D eigenvalue weighted by Gasteiger charge is -2.11. The van der Waals surface area contributed by atoms with Crippen LogP contribution in [-0.2, 0) is 14.3 Å². The standard InChI is InChI=1S/C22H22N2O4S/c1-15(16-6-4-3-5-7-16)12-21(26)28-13-20(25)24-22-23-19(14-29-22)17-8-10-18(27-2)11-9-17/h3-11,14-15H,12-13H2,1-2H3,(H,23,24,25)/t15-/m0/s1. The van der Waals surface area contributed by atoms with Crippen LogP contribution in [0.2, 0.25) is 0 Å². The lowest BCUT2D eigenvalue weighted by atomic mass is 9.98. The molecule has 1 N–H and O–H groups in total. The van der Waals surface area contributed by atoms with E-state index in [1.807, 2.05) is 66.9 Å². The van der Waals surface area contributed by atoms with E-state index in [9.17, 15) is 9.59 Å². The minimum absolute atomic E-state index is 0.0257. The van der Waals surface area contributed by atoms with E-state index >= 15 is 0 Å². The number of carbonyl (C=O) groups excluding carboxylic acids is 2. The van der Waals surface area contributed by atoms with Gasteiger partial charge in [-0.3, -0.25) is 14.9 Å². The maximum absolute atomic E-state index is 12.1. The fourth-order valence-corrected chi connectivity index (χ4v) is 3.47. The summed E-state index contributed by atoms with van der Waals surface area (Å²) in [4.78, 5) is 28.5. The summed E-state index contributed by atoms with van der Waals surface area (Å²) < 4.78 is 10.2. The number of amides is 1. The van der Waals surface area contributed by atoms with Gasteiger partial charge in [-0.1, -0.05) is 37.3 Å². The van der Waals surface area contributed by atoms with Crippen molar-refractivity contribution in [2.45, 2.75) is 19.3 Å². The number of nitrogens with one attached hydrogen (secondary N) is 1. The van der Waals surface area contributed by atoms with E-state index in [0.29, 0.717) is 5.13 Å². The van der Waals surface area contributed by atoms with Crippen LogP contribution in [0, 0.1) is 0 Å². The molecule has 0 aliphatic carbocycles. The van der Waals surface area contributed by atoms with Crippen molar-refractivity contribution in [3.8, 4) is 17.0 Å². The largest absolute Gasteiger partial charge is 0.497 e. The predicted octanol–water partition coefficient (Wildman–Crippen LogP) is 4.49. The van der Waals surface area contributed by atoms with Gasteiger partial charge in [0.05, 0.1) is 19.2 Å². The quantitative estimate of drug-likeness (QED) is 0.554.